The van der Waals surface area contributed by atoms with E-state index in [0.717, 1.165) is 56.6 Å². The van der Waals surface area contributed by atoms with Crippen LogP contribution in [0, 0.1) is 12.8 Å². The van der Waals surface area contributed by atoms with Crippen LogP contribution in [0.2, 0.25) is 0 Å². The van der Waals surface area contributed by atoms with Gasteiger partial charge in [0.15, 0.2) is 11.5 Å². The lowest BCUT2D eigenvalue weighted by atomic mass is 9.85. The molecule has 2 aliphatic rings. The molecule has 0 aliphatic heterocycles. The number of ether oxygens (including phenoxy) is 2. The molecule has 3 rings (SSSR count). The fourth-order valence-electron chi connectivity index (χ4n) is 3.63. The van der Waals surface area contributed by atoms with E-state index in [1.54, 1.807) is 14.2 Å². The van der Waals surface area contributed by atoms with E-state index in [-0.39, 0.29) is 11.8 Å². The third-order valence-corrected chi connectivity index (χ3v) is 5.39. The molecule has 0 bridgehead atoms. The Labute approximate surface area is 150 Å². The molecule has 2 fully saturated rings. The van der Waals surface area contributed by atoms with Gasteiger partial charge in [0.25, 0.3) is 0 Å². The van der Waals surface area contributed by atoms with E-state index >= 15 is 0 Å². The van der Waals surface area contributed by atoms with Crippen LogP contribution in [-0.4, -0.2) is 32.2 Å². The zero-order valence-corrected chi connectivity index (χ0v) is 15.6. The molecule has 2 N–H and O–H groups in total. The molecular weight excluding hydrogens is 316 g/mol. The molecule has 0 spiro atoms. The molecule has 2 unspecified atom stereocenters. The van der Waals surface area contributed by atoms with Gasteiger partial charge in [-0.25, -0.2) is 0 Å². The normalized spacial score (nSPS) is 23.2. The Morgan fingerprint density at radius 3 is 2.48 bits per heavy atom. The zero-order valence-electron chi connectivity index (χ0n) is 15.6. The SMILES string of the molecule is COc1cc(C)c(CNC2CCCC(C(=O)NC3CC3)C2)cc1OC. The molecule has 2 saturated carbocycles. The van der Waals surface area contributed by atoms with E-state index in [1.165, 1.54) is 11.1 Å². The minimum absolute atomic E-state index is 0.165. The first-order valence-corrected chi connectivity index (χ1v) is 9.36. The molecule has 0 aromatic heterocycles. The number of amides is 1. The van der Waals surface area contributed by atoms with E-state index in [2.05, 4.69) is 17.6 Å². The summed E-state index contributed by atoms with van der Waals surface area (Å²) in [6.07, 6.45) is 6.51. The van der Waals surface area contributed by atoms with E-state index < -0.39 is 0 Å². The minimum Gasteiger partial charge on any atom is -0.493 e. The fourth-order valence-corrected chi connectivity index (χ4v) is 3.63. The lowest BCUT2D eigenvalue weighted by Gasteiger charge is -2.29. The van der Waals surface area contributed by atoms with Gasteiger partial charge in [-0.3, -0.25) is 4.79 Å². The topological polar surface area (TPSA) is 59.6 Å². The van der Waals surface area contributed by atoms with Crippen LogP contribution in [0.3, 0.4) is 0 Å². The molecule has 0 radical (unpaired) electrons. The van der Waals surface area contributed by atoms with Crippen LogP contribution in [0.25, 0.3) is 0 Å². The van der Waals surface area contributed by atoms with Crippen molar-refractivity contribution >= 4 is 5.91 Å². The predicted octanol–water partition coefficient (Wildman–Crippen LogP) is 2.94. The standard InChI is InChI=1S/C20H30N2O3/c1-13-9-18(24-2)19(25-3)11-15(13)12-21-17-6-4-5-14(10-17)20(23)22-16-7-8-16/h9,11,14,16-17,21H,4-8,10,12H2,1-3H3,(H,22,23). The van der Waals surface area contributed by atoms with Gasteiger partial charge in [-0.2, -0.15) is 0 Å². The monoisotopic (exact) mass is 346 g/mol. The average molecular weight is 346 g/mol. The van der Waals surface area contributed by atoms with Crippen LogP contribution in [0.5, 0.6) is 11.5 Å². The zero-order chi connectivity index (χ0) is 17.8. The molecule has 0 saturated heterocycles. The van der Waals surface area contributed by atoms with Gasteiger partial charge in [0, 0.05) is 24.5 Å². The number of aryl methyl sites for hydroxylation is 1. The summed E-state index contributed by atoms with van der Waals surface area (Å²) in [6.45, 7) is 2.87. The van der Waals surface area contributed by atoms with Gasteiger partial charge in [0.2, 0.25) is 5.91 Å². The summed E-state index contributed by atoms with van der Waals surface area (Å²) in [5, 5.41) is 6.80. The number of nitrogens with one attached hydrogen (secondary N) is 2. The molecule has 2 atom stereocenters. The molecule has 138 valence electrons. The highest BCUT2D eigenvalue weighted by Gasteiger charge is 2.31. The van der Waals surface area contributed by atoms with Crippen molar-refractivity contribution in [2.24, 2.45) is 5.92 Å². The van der Waals surface area contributed by atoms with Crippen molar-refractivity contribution in [1.82, 2.24) is 10.6 Å². The summed E-state index contributed by atoms with van der Waals surface area (Å²) in [5.74, 6) is 1.95. The Bertz CT molecular complexity index is 613. The van der Waals surface area contributed by atoms with Crippen molar-refractivity contribution in [2.75, 3.05) is 14.2 Å². The average Bonchev–Trinajstić information content (AvgIpc) is 3.44. The van der Waals surface area contributed by atoms with E-state index in [4.69, 9.17) is 9.47 Å². The second-order valence-corrected chi connectivity index (χ2v) is 7.36. The molecule has 2 aliphatic carbocycles. The Kier molecular flexibility index (Phi) is 5.84. The first-order chi connectivity index (χ1) is 12.1. The lowest BCUT2D eigenvalue weighted by Crippen LogP contribution is -2.40. The Hall–Kier alpha value is -1.75. The smallest absolute Gasteiger partial charge is 0.223 e. The number of methoxy groups -OCH3 is 2. The molecule has 1 amide bonds. The molecule has 1 aromatic rings. The number of carbonyl (C=O) groups is 1. The Morgan fingerprint density at radius 1 is 1.08 bits per heavy atom. The third kappa shape index (κ3) is 4.66. The summed E-state index contributed by atoms with van der Waals surface area (Å²) in [6, 6.07) is 4.91. The highest BCUT2D eigenvalue weighted by atomic mass is 16.5. The van der Waals surface area contributed by atoms with Crippen LogP contribution < -0.4 is 20.1 Å². The fraction of sp³-hybridized carbons (Fsp3) is 0.650. The van der Waals surface area contributed by atoms with Crippen LogP contribution in [0.15, 0.2) is 12.1 Å². The quantitative estimate of drug-likeness (QED) is 0.797. The Morgan fingerprint density at radius 2 is 1.80 bits per heavy atom. The van der Waals surface area contributed by atoms with Crippen molar-refractivity contribution in [3.8, 4) is 11.5 Å². The first-order valence-electron chi connectivity index (χ1n) is 9.36. The van der Waals surface area contributed by atoms with Crippen LogP contribution in [0.4, 0.5) is 0 Å². The molecule has 5 heteroatoms. The largest absolute Gasteiger partial charge is 0.493 e. The maximum atomic E-state index is 12.3. The summed E-state index contributed by atoms with van der Waals surface area (Å²) < 4.78 is 10.8. The maximum absolute atomic E-state index is 12.3. The summed E-state index contributed by atoms with van der Waals surface area (Å²) in [4.78, 5) is 12.3. The van der Waals surface area contributed by atoms with Crippen LogP contribution >= 0.6 is 0 Å². The van der Waals surface area contributed by atoms with Crippen molar-refractivity contribution in [3.63, 3.8) is 0 Å². The number of benzene rings is 1. The summed E-state index contributed by atoms with van der Waals surface area (Å²) in [7, 11) is 3.32. The van der Waals surface area contributed by atoms with Crippen LogP contribution in [0.1, 0.15) is 49.7 Å². The predicted molar refractivity (Wildman–Crippen MR) is 98.0 cm³/mol. The second-order valence-electron chi connectivity index (χ2n) is 7.36. The lowest BCUT2D eigenvalue weighted by molar-refractivity contribution is -0.126. The second kappa shape index (κ2) is 8.09. The molecule has 1 aromatic carbocycles. The number of hydrogen-bond acceptors (Lipinski definition) is 4. The van der Waals surface area contributed by atoms with Crippen molar-refractivity contribution in [1.29, 1.82) is 0 Å². The van der Waals surface area contributed by atoms with Gasteiger partial charge in [-0.05, 0) is 62.3 Å². The van der Waals surface area contributed by atoms with Crippen molar-refractivity contribution in [2.45, 2.75) is 64.1 Å². The number of hydrogen-bond donors (Lipinski definition) is 2. The molecule has 0 heterocycles. The summed E-state index contributed by atoms with van der Waals surface area (Å²) >= 11 is 0. The van der Waals surface area contributed by atoms with Gasteiger partial charge in [0.1, 0.15) is 0 Å². The molecular formula is C20H30N2O3. The molecule has 25 heavy (non-hydrogen) atoms. The van der Waals surface area contributed by atoms with Crippen molar-refractivity contribution < 1.29 is 14.3 Å². The first kappa shape index (κ1) is 18.1. The van der Waals surface area contributed by atoms with E-state index in [9.17, 15) is 4.79 Å². The number of carbonyl (C=O) groups excluding carboxylic acids is 1. The summed E-state index contributed by atoms with van der Waals surface area (Å²) in [5.41, 5.74) is 2.39. The van der Waals surface area contributed by atoms with Gasteiger partial charge in [0.05, 0.1) is 14.2 Å². The van der Waals surface area contributed by atoms with Gasteiger partial charge < -0.3 is 20.1 Å². The maximum Gasteiger partial charge on any atom is 0.223 e. The van der Waals surface area contributed by atoms with Crippen LogP contribution in [-0.2, 0) is 11.3 Å². The van der Waals surface area contributed by atoms with Gasteiger partial charge in [-0.15, -0.1) is 0 Å². The highest BCUT2D eigenvalue weighted by Crippen LogP contribution is 2.31. The highest BCUT2D eigenvalue weighted by molar-refractivity contribution is 5.79. The van der Waals surface area contributed by atoms with E-state index in [1.807, 2.05) is 12.1 Å². The third-order valence-electron chi connectivity index (χ3n) is 5.39. The van der Waals surface area contributed by atoms with Gasteiger partial charge in [-0.1, -0.05) is 6.42 Å². The Balaban J connectivity index is 1.56. The van der Waals surface area contributed by atoms with Crippen molar-refractivity contribution in [3.05, 3.63) is 23.3 Å². The molecule has 5 nitrogen and oxygen atoms in total. The minimum atomic E-state index is 0.165. The van der Waals surface area contributed by atoms with Gasteiger partial charge >= 0.3 is 0 Å². The number of rotatable bonds is 7. The van der Waals surface area contributed by atoms with E-state index in [0.29, 0.717) is 12.1 Å².